The molecule has 0 unspecified atom stereocenters. The Morgan fingerprint density at radius 1 is 1.62 bits per heavy atom. The van der Waals surface area contributed by atoms with E-state index in [2.05, 4.69) is 9.97 Å². The zero-order valence-corrected chi connectivity index (χ0v) is 7.03. The van der Waals surface area contributed by atoms with Gasteiger partial charge in [-0.15, -0.1) is 0 Å². The number of nitrogens with one attached hydrogen (secondary N) is 1. The predicted molar refractivity (Wildman–Crippen MR) is 47.8 cm³/mol. The molecule has 0 aliphatic carbocycles. The van der Waals surface area contributed by atoms with E-state index in [0.29, 0.717) is 5.52 Å². The van der Waals surface area contributed by atoms with E-state index in [1.54, 1.807) is 6.07 Å². The van der Waals surface area contributed by atoms with E-state index >= 15 is 0 Å². The summed E-state index contributed by atoms with van der Waals surface area (Å²) in [5.41, 5.74) is 1.60. The van der Waals surface area contributed by atoms with E-state index in [1.165, 1.54) is 6.20 Å². The number of rotatable bonds is 1. The normalized spacial score (nSPS) is 10.5. The lowest BCUT2D eigenvalue weighted by molar-refractivity contribution is 0.0692. The number of fused-ring (bicyclic) bond motifs is 1. The van der Waals surface area contributed by atoms with Gasteiger partial charge in [-0.1, -0.05) is 0 Å². The first-order chi connectivity index (χ1) is 6.18. The van der Waals surface area contributed by atoms with Crippen LogP contribution in [-0.4, -0.2) is 21.0 Å². The maximum atomic E-state index is 10.7. The van der Waals surface area contributed by atoms with Gasteiger partial charge in [-0.3, -0.25) is 0 Å². The summed E-state index contributed by atoms with van der Waals surface area (Å²) in [4.78, 5) is 17.5. The quantitative estimate of drug-likeness (QED) is 0.693. The molecule has 0 saturated heterocycles. The highest BCUT2D eigenvalue weighted by atomic mass is 16.4. The first kappa shape index (κ1) is 7.79. The van der Waals surface area contributed by atoms with Crippen molar-refractivity contribution in [3.63, 3.8) is 0 Å². The number of hydrogen-bond acceptors (Lipinski definition) is 2. The SMILES string of the molecule is Cc1cc2ccnc(C(=O)O)c2[nH]1. The number of nitrogens with zero attached hydrogens (tertiary/aromatic N) is 1. The van der Waals surface area contributed by atoms with Gasteiger partial charge in [0.1, 0.15) is 0 Å². The summed E-state index contributed by atoms with van der Waals surface area (Å²) in [5.74, 6) is -1.01. The Kier molecular flexibility index (Phi) is 1.55. The molecule has 0 atom stereocenters. The molecule has 4 heteroatoms. The average Bonchev–Trinajstić information content (AvgIpc) is 2.43. The Labute approximate surface area is 74.2 Å². The molecule has 2 rings (SSSR count). The molecule has 0 amide bonds. The lowest BCUT2D eigenvalue weighted by atomic mass is 10.2. The zero-order chi connectivity index (χ0) is 9.42. The first-order valence-electron chi connectivity index (χ1n) is 3.86. The highest BCUT2D eigenvalue weighted by Gasteiger charge is 2.10. The third-order valence-electron chi connectivity index (χ3n) is 1.88. The molecular weight excluding hydrogens is 168 g/mol. The van der Waals surface area contributed by atoms with Crippen LogP contribution in [0, 0.1) is 6.92 Å². The van der Waals surface area contributed by atoms with Crippen LogP contribution in [-0.2, 0) is 0 Å². The Hall–Kier alpha value is -1.84. The molecule has 0 aromatic carbocycles. The minimum absolute atomic E-state index is 0.0746. The van der Waals surface area contributed by atoms with Crippen molar-refractivity contribution in [1.82, 2.24) is 9.97 Å². The molecule has 2 aromatic heterocycles. The van der Waals surface area contributed by atoms with Crippen LogP contribution in [0.25, 0.3) is 10.9 Å². The van der Waals surface area contributed by atoms with Crippen molar-refractivity contribution >= 4 is 16.9 Å². The Morgan fingerprint density at radius 3 is 3.08 bits per heavy atom. The van der Waals surface area contributed by atoms with E-state index in [4.69, 9.17) is 5.11 Å². The van der Waals surface area contributed by atoms with Crippen LogP contribution >= 0.6 is 0 Å². The molecule has 0 saturated carbocycles. The number of aromatic carboxylic acids is 1. The van der Waals surface area contributed by atoms with Crippen molar-refractivity contribution in [3.8, 4) is 0 Å². The summed E-state index contributed by atoms with van der Waals surface area (Å²) >= 11 is 0. The fraction of sp³-hybridized carbons (Fsp3) is 0.111. The molecule has 2 N–H and O–H groups in total. The third-order valence-corrected chi connectivity index (χ3v) is 1.88. The van der Waals surface area contributed by atoms with Crippen LogP contribution in [0.1, 0.15) is 16.2 Å². The van der Waals surface area contributed by atoms with E-state index in [1.807, 2.05) is 13.0 Å². The summed E-state index contributed by atoms with van der Waals surface area (Å²) in [5, 5.41) is 9.69. The lowest BCUT2D eigenvalue weighted by Gasteiger charge is -1.94. The number of hydrogen-bond donors (Lipinski definition) is 2. The molecule has 4 nitrogen and oxygen atoms in total. The van der Waals surface area contributed by atoms with E-state index < -0.39 is 5.97 Å². The van der Waals surface area contributed by atoms with Gasteiger partial charge in [0.2, 0.25) is 0 Å². The second-order valence-electron chi connectivity index (χ2n) is 2.88. The lowest BCUT2D eigenvalue weighted by Crippen LogP contribution is -2.00. The van der Waals surface area contributed by atoms with Crippen LogP contribution in [0.2, 0.25) is 0 Å². The Balaban J connectivity index is 2.82. The number of aryl methyl sites for hydroxylation is 1. The van der Waals surface area contributed by atoms with Crippen LogP contribution in [0.3, 0.4) is 0 Å². The van der Waals surface area contributed by atoms with Gasteiger partial charge in [0, 0.05) is 17.3 Å². The van der Waals surface area contributed by atoms with Gasteiger partial charge >= 0.3 is 5.97 Å². The van der Waals surface area contributed by atoms with Gasteiger partial charge in [-0.25, -0.2) is 9.78 Å². The van der Waals surface area contributed by atoms with Gasteiger partial charge in [0.25, 0.3) is 0 Å². The van der Waals surface area contributed by atoms with Crippen LogP contribution < -0.4 is 0 Å². The minimum Gasteiger partial charge on any atom is -0.476 e. The molecule has 0 bridgehead atoms. The number of carbonyl (C=O) groups is 1. The van der Waals surface area contributed by atoms with Gasteiger partial charge in [0.15, 0.2) is 5.69 Å². The topological polar surface area (TPSA) is 66.0 Å². The number of carboxylic acids is 1. The number of aromatic amines is 1. The molecule has 0 radical (unpaired) electrons. The Bertz CT molecular complexity index is 473. The molecular formula is C9H8N2O2. The van der Waals surface area contributed by atoms with Crippen LogP contribution in [0.15, 0.2) is 18.3 Å². The molecule has 0 aliphatic rings. The van der Waals surface area contributed by atoms with E-state index in [0.717, 1.165) is 11.1 Å². The van der Waals surface area contributed by atoms with Crippen molar-refractivity contribution in [2.75, 3.05) is 0 Å². The predicted octanol–water partition coefficient (Wildman–Crippen LogP) is 1.57. The van der Waals surface area contributed by atoms with Gasteiger partial charge in [-0.05, 0) is 19.1 Å². The van der Waals surface area contributed by atoms with Crippen molar-refractivity contribution in [2.24, 2.45) is 0 Å². The Morgan fingerprint density at radius 2 is 2.38 bits per heavy atom. The summed E-state index contributed by atoms with van der Waals surface area (Å²) in [6.45, 7) is 1.88. The smallest absolute Gasteiger partial charge is 0.356 e. The fourth-order valence-electron chi connectivity index (χ4n) is 1.36. The molecule has 0 aliphatic heterocycles. The second-order valence-corrected chi connectivity index (χ2v) is 2.88. The van der Waals surface area contributed by atoms with Crippen LogP contribution in [0.5, 0.6) is 0 Å². The van der Waals surface area contributed by atoms with Crippen molar-refractivity contribution in [2.45, 2.75) is 6.92 Å². The second kappa shape index (κ2) is 2.58. The zero-order valence-electron chi connectivity index (χ0n) is 7.03. The monoisotopic (exact) mass is 176 g/mol. The minimum atomic E-state index is -1.01. The number of H-pyrrole nitrogens is 1. The molecule has 2 heterocycles. The summed E-state index contributed by atoms with van der Waals surface area (Å²) < 4.78 is 0. The largest absolute Gasteiger partial charge is 0.476 e. The molecule has 13 heavy (non-hydrogen) atoms. The number of aromatic nitrogens is 2. The first-order valence-corrected chi connectivity index (χ1v) is 3.86. The van der Waals surface area contributed by atoms with E-state index in [-0.39, 0.29) is 5.69 Å². The van der Waals surface area contributed by atoms with Gasteiger partial charge in [0.05, 0.1) is 5.52 Å². The summed E-state index contributed by atoms with van der Waals surface area (Å²) in [7, 11) is 0. The van der Waals surface area contributed by atoms with Gasteiger partial charge < -0.3 is 10.1 Å². The average molecular weight is 176 g/mol. The third kappa shape index (κ3) is 1.16. The number of carboxylic acid groups (broad SMARTS) is 1. The standard InChI is InChI=1S/C9H8N2O2/c1-5-4-6-2-3-10-8(9(12)13)7(6)11-5/h2-4,11H,1H3,(H,12,13). The fourth-order valence-corrected chi connectivity index (χ4v) is 1.36. The number of pyridine rings is 1. The van der Waals surface area contributed by atoms with Crippen molar-refractivity contribution in [1.29, 1.82) is 0 Å². The maximum absolute atomic E-state index is 10.7. The van der Waals surface area contributed by atoms with Crippen molar-refractivity contribution < 1.29 is 9.90 Å². The highest BCUT2D eigenvalue weighted by molar-refractivity contribution is 6.00. The molecule has 66 valence electrons. The van der Waals surface area contributed by atoms with Crippen LogP contribution in [0.4, 0.5) is 0 Å². The molecule has 0 fully saturated rings. The maximum Gasteiger partial charge on any atom is 0.356 e. The van der Waals surface area contributed by atoms with E-state index in [9.17, 15) is 4.79 Å². The summed E-state index contributed by atoms with van der Waals surface area (Å²) in [6.07, 6.45) is 1.50. The van der Waals surface area contributed by atoms with Crippen molar-refractivity contribution in [3.05, 3.63) is 29.7 Å². The van der Waals surface area contributed by atoms with Gasteiger partial charge in [-0.2, -0.15) is 0 Å². The molecule has 2 aromatic rings. The summed E-state index contributed by atoms with van der Waals surface area (Å²) in [6, 6.07) is 3.68. The highest BCUT2D eigenvalue weighted by Crippen LogP contribution is 2.16. The molecule has 0 spiro atoms.